The number of hydrogen-bond acceptors (Lipinski definition) is 2. The number of amides is 1. The second-order valence-electron chi connectivity index (χ2n) is 4.63. The van der Waals surface area contributed by atoms with Crippen molar-refractivity contribution in [3.8, 4) is 0 Å². The number of benzene rings is 1. The van der Waals surface area contributed by atoms with Crippen LogP contribution in [0.15, 0.2) is 18.2 Å². The SMILES string of the molecule is CCCN(CCCN)C(=O)c1cc(C(F)(F)F)ccc1F. The molecular weight excluding hydrogens is 288 g/mol. The maximum Gasteiger partial charge on any atom is 0.416 e. The molecule has 0 atom stereocenters. The molecule has 1 rings (SSSR count). The molecule has 1 amide bonds. The van der Waals surface area contributed by atoms with Gasteiger partial charge in [-0.3, -0.25) is 4.79 Å². The van der Waals surface area contributed by atoms with E-state index in [2.05, 4.69) is 0 Å². The molecule has 21 heavy (non-hydrogen) atoms. The Hall–Kier alpha value is -1.63. The molecule has 3 nitrogen and oxygen atoms in total. The highest BCUT2D eigenvalue weighted by Crippen LogP contribution is 2.30. The second-order valence-corrected chi connectivity index (χ2v) is 4.63. The summed E-state index contributed by atoms with van der Waals surface area (Å²) in [6.45, 7) is 2.80. The molecule has 0 fully saturated rings. The fourth-order valence-electron chi connectivity index (χ4n) is 1.90. The molecule has 0 bridgehead atoms. The van der Waals surface area contributed by atoms with E-state index in [0.29, 0.717) is 50.7 Å². The minimum Gasteiger partial charge on any atom is -0.339 e. The number of carbonyl (C=O) groups excluding carboxylic acids is 1. The number of nitrogens with zero attached hydrogens (tertiary/aromatic N) is 1. The topological polar surface area (TPSA) is 46.3 Å². The molecule has 1 aromatic carbocycles. The van der Waals surface area contributed by atoms with E-state index < -0.39 is 29.0 Å². The van der Waals surface area contributed by atoms with Gasteiger partial charge in [0.2, 0.25) is 0 Å². The zero-order valence-corrected chi connectivity index (χ0v) is 11.7. The van der Waals surface area contributed by atoms with Crippen molar-refractivity contribution >= 4 is 5.91 Å². The molecule has 0 aliphatic rings. The first-order valence-electron chi connectivity index (χ1n) is 6.67. The van der Waals surface area contributed by atoms with Crippen molar-refractivity contribution in [2.45, 2.75) is 25.9 Å². The molecule has 0 spiro atoms. The van der Waals surface area contributed by atoms with Gasteiger partial charge >= 0.3 is 6.18 Å². The number of nitrogens with two attached hydrogens (primary N) is 1. The van der Waals surface area contributed by atoms with E-state index in [-0.39, 0.29) is 0 Å². The Morgan fingerprint density at radius 3 is 2.48 bits per heavy atom. The molecule has 7 heteroatoms. The van der Waals surface area contributed by atoms with Gasteiger partial charge in [0, 0.05) is 13.1 Å². The van der Waals surface area contributed by atoms with Crippen LogP contribution in [-0.2, 0) is 6.18 Å². The summed E-state index contributed by atoms with van der Waals surface area (Å²) < 4.78 is 51.6. The van der Waals surface area contributed by atoms with Gasteiger partial charge in [-0.15, -0.1) is 0 Å². The predicted octanol–water partition coefficient (Wildman–Crippen LogP) is 3.05. The van der Waals surface area contributed by atoms with Crippen LogP contribution in [-0.4, -0.2) is 30.4 Å². The smallest absolute Gasteiger partial charge is 0.339 e. The van der Waals surface area contributed by atoms with Crippen LogP contribution in [0.3, 0.4) is 0 Å². The zero-order valence-electron chi connectivity index (χ0n) is 11.7. The second kappa shape index (κ2) is 7.40. The predicted molar refractivity (Wildman–Crippen MR) is 71.3 cm³/mol. The number of rotatable bonds is 6. The molecule has 0 aliphatic heterocycles. The average Bonchev–Trinajstić information content (AvgIpc) is 2.42. The van der Waals surface area contributed by atoms with Crippen molar-refractivity contribution < 1.29 is 22.4 Å². The lowest BCUT2D eigenvalue weighted by atomic mass is 10.1. The van der Waals surface area contributed by atoms with Crippen molar-refractivity contribution in [1.82, 2.24) is 4.90 Å². The fraction of sp³-hybridized carbons (Fsp3) is 0.500. The Kier molecular flexibility index (Phi) is 6.14. The van der Waals surface area contributed by atoms with Crippen LogP contribution in [0.25, 0.3) is 0 Å². The third kappa shape index (κ3) is 4.70. The molecule has 0 saturated heterocycles. The van der Waals surface area contributed by atoms with Crippen molar-refractivity contribution in [3.05, 3.63) is 35.1 Å². The van der Waals surface area contributed by atoms with Gasteiger partial charge in [0.05, 0.1) is 11.1 Å². The summed E-state index contributed by atoms with van der Waals surface area (Å²) in [7, 11) is 0. The molecule has 0 saturated carbocycles. The van der Waals surface area contributed by atoms with Crippen LogP contribution < -0.4 is 5.73 Å². The van der Waals surface area contributed by atoms with Gasteiger partial charge in [-0.2, -0.15) is 13.2 Å². The maximum absolute atomic E-state index is 13.7. The number of alkyl halides is 3. The third-order valence-corrected chi connectivity index (χ3v) is 2.94. The monoisotopic (exact) mass is 306 g/mol. The normalized spacial score (nSPS) is 11.5. The summed E-state index contributed by atoms with van der Waals surface area (Å²) in [6, 6.07) is 1.85. The maximum atomic E-state index is 13.7. The molecule has 1 aromatic rings. The van der Waals surface area contributed by atoms with Crippen molar-refractivity contribution in [3.63, 3.8) is 0 Å². The zero-order chi connectivity index (χ0) is 16.0. The first-order chi connectivity index (χ1) is 9.81. The van der Waals surface area contributed by atoms with E-state index in [1.165, 1.54) is 4.90 Å². The van der Waals surface area contributed by atoms with Gasteiger partial charge in [0.15, 0.2) is 0 Å². The minimum atomic E-state index is -4.62. The largest absolute Gasteiger partial charge is 0.416 e. The lowest BCUT2D eigenvalue weighted by molar-refractivity contribution is -0.137. The van der Waals surface area contributed by atoms with Crippen LogP contribution >= 0.6 is 0 Å². The molecule has 118 valence electrons. The van der Waals surface area contributed by atoms with Gasteiger partial charge in [-0.1, -0.05) is 6.92 Å². The van der Waals surface area contributed by atoms with E-state index >= 15 is 0 Å². The molecule has 0 aromatic heterocycles. The van der Waals surface area contributed by atoms with Crippen molar-refractivity contribution in [1.29, 1.82) is 0 Å². The Morgan fingerprint density at radius 1 is 1.29 bits per heavy atom. The average molecular weight is 306 g/mol. The highest BCUT2D eigenvalue weighted by Gasteiger charge is 2.32. The van der Waals surface area contributed by atoms with Gasteiger partial charge in [0.1, 0.15) is 5.82 Å². The Balaban J connectivity index is 3.08. The van der Waals surface area contributed by atoms with Gasteiger partial charge < -0.3 is 10.6 Å². The lowest BCUT2D eigenvalue weighted by Gasteiger charge is -2.22. The number of halogens is 4. The molecule has 2 N–H and O–H groups in total. The summed E-state index contributed by atoms with van der Waals surface area (Å²) in [5, 5.41) is 0. The fourth-order valence-corrected chi connectivity index (χ4v) is 1.90. The standard InChI is InChI=1S/C14H18F4N2O/c1-2-7-20(8-3-6-19)13(21)11-9-10(14(16,17)18)4-5-12(11)15/h4-5,9H,2-3,6-8,19H2,1H3. The third-order valence-electron chi connectivity index (χ3n) is 2.94. The quantitative estimate of drug-likeness (QED) is 0.821. The van der Waals surface area contributed by atoms with E-state index in [0.717, 1.165) is 0 Å². The summed E-state index contributed by atoms with van der Waals surface area (Å²) in [5.74, 6) is -1.70. The first-order valence-corrected chi connectivity index (χ1v) is 6.67. The highest BCUT2D eigenvalue weighted by atomic mass is 19.4. The van der Waals surface area contributed by atoms with Crippen LogP contribution in [0.1, 0.15) is 35.7 Å². The van der Waals surface area contributed by atoms with Crippen LogP contribution in [0.5, 0.6) is 0 Å². The molecule has 0 radical (unpaired) electrons. The Bertz CT molecular complexity index is 488. The summed E-state index contributed by atoms with van der Waals surface area (Å²) in [6.07, 6.45) is -3.49. The lowest BCUT2D eigenvalue weighted by Crippen LogP contribution is -2.34. The Morgan fingerprint density at radius 2 is 1.95 bits per heavy atom. The van der Waals surface area contributed by atoms with Gasteiger partial charge in [-0.05, 0) is 37.6 Å². The number of hydrogen-bond donors (Lipinski definition) is 1. The van der Waals surface area contributed by atoms with Gasteiger partial charge in [0.25, 0.3) is 5.91 Å². The Labute approximate surface area is 120 Å². The molecule has 0 heterocycles. The molecule has 0 aliphatic carbocycles. The highest BCUT2D eigenvalue weighted by molar-refractivity contribution is 5.94. The summed E-state index contributed by atoms with van der Waals surface area (Å²) >= 11 is 0. The van der Waals surface area contributed by atoms with E-state index in [1.807, 2.05) is 6.92 Å². The van der Waals surface area contributed by atoms with Gasteiger partial charge in [-0.25, -0.2) is 4.39 Å². The summed E-state index contributed by atoms with van der Waals surface area (Å²) in [5.41, 5.74) is 3.76. The van der Waals surface area contributed by atoms with E-state index in [4.69, 9.17) is 5.73 Å². The number of carbonyl (C=O) groups is 1. The van der Waals surface area contributed by atoms with Crippen LogP contribution in [0.2, 0.25) is 0 Å². The van der Waals surface area contributed by atoms with Crippen LogP contribution in [0, 0.1) is 5.82 Å². The minimum absolute atomic E-state index is 0.291. The van der Waals surface area contributed by atoms with E-state index in [9.17, 15) is 22.4 Å². The van der Waals surface area contributed by atoms with E-state index in [1.54, 1.807) is 0 Å². The summed E-state index contributed by atoms with van der Waals surface area (Å²) in [4.78, 5) is 13.5. The van der Waals surface area contributed by atoms with Crippen LogP contribution in [0.4, 0.5) is 17.6 Å². The van der Waals surface area contributed by atoms with Crippen molar-refractivity contribution in [2.24, 2.45) is 5.73 Å². The molecular formula is C14H18F4N2O. The van der Waals surface area contributed by atoms with Crippen molar-refractivity contribution in [2.75, 3.05) is 19.6 Å². The molecule has 0 unspecified atom stereocenters. The first kappa shape index (κ1) is 17.4.